The van der Waals surface area contributed by atoms with Gasteiger partial charge in [-0.15, -0.1) is 0 Å². The zero-order chi connectivity index (χ0) is 14.5. The number of aryl methyl sites for hydroxylation is 1. The van der Waals surface area contributed by atoms with Crippen molar-refractivity contribution in [3.05, 3.63) is 23.5 Å². The van der Waals surface area contributed by atoms with E-state index in [-0.39, 0.29) is 11.5 Å². The van der Waals surface area contributed by atoms with Crippen LogP contribution in [0.3, 0.4) is 0 Å². The van der Waals surface area contributed by atoms with E-state index < -0.39 is 0 Å². The Bertz CT molecular complexity index is 461. The molecule has 1 aromatic heterocycles. The number of ether oxygens (including phenoxy) is 1. The van der Waals surface area contributed by atoms with Crippen molar-refractivity contribution in [3.8, 4) is 11.8 Å². The number of nitriles is 1. The molecule has 4 nitrogen and oxygen atoms in total. The molecule has 2 N–H and O–H groups in total. The Balaban J connectivity index is 2.70. The van der Waals surface area contributed by atoms with Crippen LogP contribution in [-0.4, -0.2) is 17.6 Å². The molecule has 104 valence electrons. The fourth-order valence-corrected chi connectivity index (χ4v) is 1.65. The summed E-state index contributed by atoms with van der Waals surface area (Å²) in [5.74, 6) is 0.775. The van der Waals surface area contributed by atoms with E-state index in [1.54, 1.807) is 0 Å². The van der Waals surface area contributed by atoms with Gasteiger partial charge in [-0.25, -0.2) is 0 Å². The Morgan fingerprint density at radius 3 is 2.74 bits per heavy atom. The highest BCUT2D eigenvalue weighted by molar-refractivity contribution is 5.29. The highest BCUT2D eigenvalue weighted by Gasteiger charge is 2.17. The molecule has 0 amide bonds. The maximum Gasteiger partial charge on any atom is 0.140 e. The van der Waals surface area contributed by atoms with E-state index in [0.29, 0.717) is 19.4 Å². The zero-order valence-corrected chi connectivity index (χ0v) is 12.2. The molecule has 0 bridgehead atoms. The Kier molecular flexibility index (Phi) is 5.31. The number of hydrogen-bond acceptors (Lipinski definition) is 4. The monoisotopic (exact) mass is 261 g/mol. The molecule has 1 atom stereocenters. The molecule has 0 aliphatic carbocycles. The number of nitrogens with zero attached hydrogens (tertiary/aromatic N) is 2. The van der Waals surface area contributed by atoms with Gasteiger partial charge in [-0.1, -0.05) is 0 Å². The summed E-state index contributed by atoms with van der Waals surface area (Å²) >= 11 is 0. The molecule has 0 spiro atoms. The summed E-state index contributed by atoms with van der Waals surface area (Å²) in [7, 11) is 0. The van der Waals surface area contributed by atoms with Crippen LogP contribution in [0.15, 0.2) is 12.1 Å². The lowest BCUT2D eigenvalue weighted by atomic mass is 9.92. The molecule has 0 aromatic carbocycles. The second kappa shape index (κ2) is 6.53. The topological polar surface area (TPSA) is 71.9 Å². The second-order valence-corrected chi connectivity index (χ2v) is 5.67. The van der Waals surface area contributed by atoms with Gasteiger partial charge in [0.1, 0.15) is 5.75 Å². The first-order valence-electron chi connectivity index (χ1n) is 6.60. The van der Waals surface area contributed by atoms with Crippen LogP contribution in [0, 0.1) is 23.7 Å². The molecular weight excluding hydrogens is 238 g/mol. The lowest BCUT2D eigenvalue weighted by Gasteiger charge is -2.17. The van der Waals surface area contributed by atoms with Crippen molar-refractivity contribution in [2.45, 2.75) is 46.6 Å². The molecule has 1 unspecified atom stereocenters. The first-order chi connectivity index (χ1) is 8.84. The minimum Gasteiger partial charge on any atom is -0.492 e. The van der Waals surface area contributed by atoms with Crippen LogP contribution in [-0.2, 0) is 6.42 Å². The highest BCUT2D eigenvalue weighted by Crippen LogP contribution is 2.22. The van der Waals surface area contributed by atoms with Gasteiger partial charge in [-0.05, 0) is 46.2 Å². The standard InChI is InChI=1S/C15H23N3O/c1-11(17)9-13-14(6-5-12(2)18-13)19-8-7-15(3,4)10-16/h5-6,11H,7-9,17H2,1-4H3. The van der Waals surface area contributed by atoms with Crippen molar-refractivity contribution < 1.29 is 4.74 Å². The molecule has 0 saturated heterocycles. The van der Waals surface area contributed by atoms with Crippen LogP contribution in [0.5, 0.6) is 5.75 Å². The Labute approximate surface area is 115 Å². The third kappa shape index (κ3) is 5.27. The number of aromatic nitrogens is 1. The van der Waals surface area contributed by atoms with Gasteiger partial charge in [0.15, 0.2) is 0 Å². The Hall–Kier alpha value is -1.60. The minimum atomic E-state index is -0.362. The van der Waals surface area contributed by atoms with Crippen LogP contribution in [0.2, 0.25) is 0 Å². The van der Waals surface area contributed by atoms with Crippen molar-refractivity contribution in [2.75, 3.05) is 6.61 Å². The molecule has 1 heterocycles. The van der Waals surface area contributed by atoms with E-state index in [4.69, 9.17) is 15.7 Å². The first kappa shape index (κ1) is 15.5. The van der Waals surface area contributed by atoms with E-state index >= 15 is 0 Å². The molecule has 0 aliphatic rings. The van der Waals surface area contributed by atoms with Crippen molar-refractivity contribution in [3.63, 3.8) is 0 Å². The number of rotatable bonds is 6. The van der Waals surface area contributed by atoms with Gasteiger partial charge in [0, 0.05) is 18.2 Å². The summed E-state index contributed by atoms with van der Waals surface area (Å²) < 4.78 is 5.76. The minimum absolute atomic E-state index is 0.0483. The van der Waals surface area contributed by atoms with Crippen LogP contribution >= 0.6 is 0 Å². The third-order valence-corrected chi connectivity index (χ3v) is 2.87. The molecule has 0 aliphatic heterocycles. The van der Waals surface area contributed by atoms with E-state index in [2.05, 4.69) is 11.1 Å². The van der Waals surface area contributed by atoms with Crippen molar-refractivity contribution in [1.29, 1.82) is 5.26 Å². The van der Waals surface area contributed by atoms with E-state index in [1.807, 2.05) is 39.8 Å². The fraction of sp³-hybridized carbons (Fsp3) is 0.600. The summed E-state index contributed by atoms with van der Waals surface area (Å²) in [5, 5.41) is 8.97. The predicted molar refractivity (Wildman–Crippen MR) is 75.8 cm³/mol. The van der Waals surface area contributed by atoms with E-state index in [9.17, 15) is 0 Å². The molecule has 1 rings (SSSR count). The summed E-state index contributed by atoms with van der Waals surface area (Å²) in [6.07, 6.45) is 1.38. The zero-order valence-electron chi connectivity index (χ0n) is 12.2. The highest BCUT2D eigenvalue weighted by atomic mass is 16.5. The summed E-state index contributed by atoms with van der Waals surface area (Å²) in [6, 6.07) is 6.17. The van der Waals surface area contributed by atoms with Gasteiger partial charge in [-0.2, -0.15) is 5.26 Å². The third-order valence-electron chi connectivity index (χ3n) is 2.87. The number of pyridine rings is 1. The largest absolute Gasteiger partial charge is 0.492 e. The maximum absolute atomic E-state index is 8.97. The Morgan fingerprint density at radius 1 is 1.47 bits per heavy atom. The van der Waals surface area contributed by atoms with Gasteiger partial charge in [0.2, 0.25) is 0 Å². The molecule has 1 aromatic rings. The van der Waals surface area contributed by atoms with Gasteiger partial charge < -0.3 is 10.5 Å². The number of hydrogen-bond donors (Lipinski definition) is 1. The van der Waals surface area contributed by atoms with Crippen molar-refractivity contribution in [1.82, 2.24) is 4.98 Å². The van der Waals surface area contributed by atoms with Crippen LogP contribution in [0.25, 0.3) is 0 Å². The predicted octanol–water partition coefficient (Wildman–Crippen LogP) is 2.60. The van der Waals surface area contributed by atoms with Crippen LogP contribution in [0.1, 0.15) is 38.6 Å². The first-order valence-corrected chi connectivity index (χ1v) is 6.60. The normalized spacial score (nSPS) is 12.8. The molecule has 19 heavy (non-hydrogen) atoms. The molecule has 4 heteroatoms. The molecule has 0 radical (unpaired) electrons. The van der Waals surface area contributed by atoms with Gasteiger partial charge in [0.05, 0.1) is 23.8 Å². The van der Waals surface area contributed by atoms with Gasteiger partial charge >= 0.3 is 0 Å². The smallest absolute Gasteiger partial charge is 0.140 e. The van der Waals surface area contributed by atoms with E-state index in [1.165, 1.54) is 0 Å². The molecule has 0 saturated carbocycles. The molecular formula is C15H23N3O. The van der Waals surface area contributed by atoms with Gasteiger partial charge in [-0.3, -0.25) is 4.98 Å². The average molecular weight is 261 g/mol. The van der Waals surface area contributed by atoms with Gasteiger partial charge in [0.25, 0.3) is 0 Å². The second-order valence-electron chi connectivity index (χ2n) is 5.67. The van der Waals surface area contributed by atoms with Crippen LogP contribution in [0.4, 0.5) is 0 Å². The van der Waals surface area contributed by atoms with Crippen molar-refractivity contribution in [2.24, 2.45) is 11.1 Å². The fourth-order valence-electron chi connectivity index (χ4n) is 1.65. The summed E-state index contributed by atoms with van der Waals surface area (Å²) in [5.41, 5.74) is 7.31. The van der Waals surface area contributed by atoms with Crippen LogP contribution < -0.4 is 10.5 Å². The molecule has 0 fully saturated rings. The Morgan fingerprint density at radius 2 is 2.16 bits per heavy atom. The lowest BCUT2D eigenvalue weighted by molar-refractivity contribution is 0.261. The summed E-state index contributed by atoms with van der Waals surface area (Å²) in [4.78, 5) is 4.48. The maximum atomic E-state index is 8.97. The summed E-state index contributed by atoms with van der Waals surface area (Å²) in [6.45, 7) is 8.23. The average Bonchev–Trinajstić information content (AvgIpc) is 2.31. The lowest BCUT2D eigenvalue weighted by Crippen LogP contribution is -2.20. The van der Waals surface area contributed by atoms with E-state index in [0.717, 1.165) is 17.1 Å². The van der Waals surface area contributed by atoms with Crippen molar-refractivity contribution >= 4 is 0 Å². The number of nitrogens with two attached hydrogens (primary N) is 1. The quantitative estimate of drug-likeness (QED) is 0.854. The SMILES string of the molecule is Cc1ccc(OCCC(C)(C)C#N)c(CC(C)N)n1.